The van der Waals surface area contributed by atoms with Crippen LogP contribution < -0.4 is 19.9 Å². The van der Waals surface area contributed by atoms with Crippen LogP contribution in [0.15, 0.2) is 30.6 Å². The number of aliphatic carboxylic acids is 1. The fraction of sp³-hybridized carbons (Fsp3) is 0.593. The molecule has 11 nitrogen and oxygen atoms in total. The summed E-state index contributed by atoms with van der Waals surface area (Å²) in [6, 6.07) is 5.16. The molecule has 11 heteroatoms. The average molecular weight is 530 g/mol. The van der Waals surface area contributed by atoms with Crippen molar-refractivity contribution in [1.82, 2.24) is 19.6 Å². The van der Waals surface area contributed by atoms with Gasteiger partial charge in [0.05, 0.1) is 19.6 Å². The van der Waals surface area contributed by atoms with Crippen LogP contribution in [0.2, 0.25) is 0 Å². The van der Waals surface area contributed by atoms with E-state index in [1.807, 2.05) is 34.2 Å². The predicted octanol–water partition coefficient (Wildman–Crippen LogP) is 2.16. The Morgan fingerprint density at radius 2 is 2.08 bits per heavy atom. The van der Waals surface area contributed by atoms with Gasteiger partial charge in [-0.3, -0.25) is 19.2 Å². The number of fused-ring (bicyclic) bond motifs is 1. The van der Waals surface area contributed by atoms with Crippen LogP contribution in [0.3, 0.4) is 0 Å². The van der Waals surface area contributed by atoms with Crippen LogP contribution in [0, 0.1) is 5.92 Å². The molecule has 3 N–H and O–H groups in total. The molecule has 4 rings (SSSR count). The highest BCUT2D eigenvalue weighted by Gasteiger charge is 2.47. The molecule has 1 aromatic carbocycles. The second-order valence-electron chi connectivity index (χ2n) is 9.86. The van der Waals surface area contributed by atoms with E-state index in [-0.39, 0.29) is 31.2 Å². The molecule has 208 valence electrons. The number of carboxylic acid groups (broad SMARTS) is 1. The number of nitrogens with two attached hydrogens (primary N) is 1. The third-order valence-corrected chi connectivity index (χ3v) is 7.46. The fourth-order valence-corrected chi connectivity index (χ4v) is 5.52. The number of carboxylic acids is 1. The summed E-state index contributed by atoms with van der Waals surface area (Å²) in [6.07, 6.45) is 6.74. The summed E-state index contributed by atoms with van der Waals surface area (Å²) in [5.41, 5.74) is 6.52. The quantitative estimate of drug-likeness (QED) is 0.378. The lowest BCUT2D eigenvalue weighted by atomic mass is 9.84. The van der Waals surface area contributed by atoms with Crippen LogP contribution in [0.25, 0.3) is 0 Å². The maximum atomic E-state index is 13.5. The van der Waals surface area contributed by atoms with Crippen LogP contribution in [0.1, 0.15) is 44.1 Å². The van der Waals surface area contributed by atoms with Crippen molar-refractivity contribution in [3.05, 3.63) is 36.2 Å². The molecule has 38 heavy (non-hydrogen) atoms. The summed E-state index contributed by atoms with van der Waals surface area (Å²) < 4.78 is 18.5. The number of nitrogens with zero attached hydrogens (tertiary/aromatic N) is 4. The van der Waals surface area contributed by atoms with E-state index < -0.39 is 11.9 Å². The minimum absolute atomic E-state index is 0.00375. The van der Waals surface area contributed by atoms with Gasteiger partial charge in [-0.25, -0.2) is 0 Å². The molecule has 0 spiro atoms. The van der Waals surface area contributed by atoms with Crippen molar-refractivity contribution in [2.24, 2.45) is 11.7 Å². The topological polar surface area (TPSA) is 132 Å². The van der Waals surface area contributed by atoms with E-state index in [1.54, 1.807) is 18.0 Å². The Labute approximate surface area is 223 Å². The van der Waals surface area contributed by atoms with Crippen molar-refractivity contribution >= 4 is 11.9 Å². The van der Waals surface area contributed by atoms with Crippen molar-refractivity contribution < 1.29 is 28.9 Å². The molecule has 3 atom stereocenters. The number of ether oxygens (including phenoxy) is 3. The number of hydrogen-bond donors (Lipinski definition) is 2. The number of likely N-dealkylation sites (tertiary alicyclic amines) is 1. The molecule has 3 heterocycles. The van der Waals surface area contributed by atoms with Gasteiger partial charge >= 0.3 is 5.97 Å². The molecular formula is C27H39N5O6. The Hall–Kier alpha value is -3.31. The zero-order valence-electron chi connectivity index (χ0n) is 22.3. The van der Waals surface area contributed by atoms with Crippen molar-refractivity contribution in [1.29, 1.82) is 0 Å². The first-order chi connectivity index (χ1) is 18.5. The smallest absolute Gasteiger partial charge is 0.308 e. The van der Waals surface area contributed by atoms with Gasteiger partial charge in [-0.2, -0.15) is 5.10 Å². The van der Waals surface area contributed by atoms with Gasteiger partial charge in [-0.1, -0.05) is 13.3 Å². The molecule has 0 bridgehead atoms. The highest BCUT2D eigenvalue weighted by molar-refractivity contribution is 5.79. The highest BCUT2D eigenvalue weighted by Crippen LogP contribution is 2.47. The SMILES string of the molecule is CCCCN(CCCN)C(=O)CN1C[C@H](c2cc(OC)c3c(c2)OCO3)[C@@H](C(=O)O)[C@@H]1CCn1cccn1. The first-order valence-electron chi connectivity index (χ1n) is 13.4. The molecule has 2 aliphatic heterocycles. The van der Waals surface area contributed by atoms with Crippen LogP contribution >= 0.6 is 0 Å². The van der Waals surface area contributed by atoms with Crippen LogP contribution in [-0.4, -0.2) is 89.2 Å². The van der Waals surface area contributed by atoms with Crippen molar-refractivity contribution in [2.45, 2.75) is 51.1 Å². The second kappa shape index (κ2) is 13.0. The summed E-state index contributed by atoms with van der Waals surface area (Å²) in [6.45, 7) is 5.11. The number of hydrogen-bond acceptors (Lipinski definition) is 8. The molecule has 2 aliphatic rings. The summed E-state index contributed by atoms with van der Waals surface area (Å²) in [5, 5.41) is 14.7. The van der Waals surface area contributed by atoms with Gasteiger partial charge in [0.25, 0.3) is 0 Å². The molecule has 0 aliphatic carbocycles. The number of aryl methyl sites for hydroxylation is 1. The summed E-state index contributed by atoms with van der Waals surface area (Å²) >= 11 is 0. The minimum Gasteiger partial charge on any atom is -0.493 e. The van der Waals surface area contributed by atoms with Gasteiger partial charge in [-0.15, -0.1) is 0 Å². The van der Waals surface area contributed by atoms with Crippen molar-refractivity contribution in [3.63, 3.8) is 0 Å². The lowest BCUT2D eigenvalue weighted by Gasteiger charge is -2.29. The Bertz CT molecular complexity index is 1070. The Balaban J connectivity index is 1.62. The van der Waals surface area contributed by atoms with Crippen LogP contribution in [0.5, 0.6) is 17.2 Å². The normalized spacial score (nSPS) is 20.6. The number of aromatic nitrogens is 2. The monoisotopic (exact) mass is 529 g/mol. The fourth-order valence-electron chi connectivity index (χ4n) is 5.52. The van der Waals surface area contributed by atoms with Gasteiger partial charge in [0.15, 0.2) is 11.5 Å². The third kappa shape index (κ3) is 6.21. The third-order valence-electron chi connectivity index (χ3n) is 7.46. The summed E-state index contributed by atoms with van der Waals surface area (Å²) in [5.74, 6) is -0.402. The summed E-state index contributed by atoms with van der Waals surface area (Å²) in [4.78, 5) is 30.1. The Morgan fingerprint density at radius 3 is 2.76 bits per heavy atom. The lowest BCUT2D eigenvalue weighted by Crippen LogP contribution is -2.45. The molecule has 0 saturated carbocycles. The van der Waals surface area contributed by atoms with Crippen molar-refractivity contribution in [3.8, 4) is 17.2 Å². The first kappa shape index (κ1) is 27.7. The number of amides is 1. The number of rotatable bonds is 14. The Kier molecular flexibility index (Phi) is 9.46. The van der Waals surface area contributed by atoms with E-state index in [9.17, 15) is 14.7 Å². The number of methoxy groups -OCH3 is 1. The van der Waals surface area contributed by atoms with E-state index in [0.717, 1.165) is 24.8 Å². The van der Waals surface area contributed by atoms with Gasteiger partial charge in [0, 0.05) is 50.5 Å². The van der Waals surface area contributed by atoms with Gasteiger partial charge in [0.2, 0.25) is 18.4 Å². The number of unbranched alkanes of at least 4 members (excludes halogenated alkanes) is 1. The molecule has 1 amide bonds. The molecule has 0 radical (unpaired) electrons. The van der Waals surface area contributed by atoms with E-state index in [1.165, 1.54) is 0 Å². The number of benzene rings is 1. The molecule has 2 aromatic rings. The van der Waals surface area contributed by atoms with E-state index in [2.05, 4.69) is 12.0 Å². The van der Waals surface area contributed by atoms with E-state index in [4.69, 9.17) is 19.9 Å². The lowest BCUT2D eigenvalue weighted by molar-refractivity contribution is -0.144. The zero-order valence-corrected chi connectivity index (χ0v) is 22.3. The number of carbonyl (C=O) groups excluding carboxylic acids is 1. The molecule has 1 saturated heterocycles. The number of carbonyl (C=O) groups is 2. The largest absolute Gasteiger partial charge is 0.493 e. The molecule has 0 unspecified atom stereocenters. The summed E-state index contributed by atoms with van der Waals surface area (Å²) in [7, 11) is 1.55. The predicted molar refractivity (Wildman–Crippen MR) is 140 cm³/mol. The maximum Gasteiger partial charge on any atom is 0.308 e. The van der Waals surface area contributed by atoms with Gasteiger partial charge in [-0.05, 0) is 49.6 Å². The zero-order chi connectivity index (χ0) is 27.1. The molecular weight excluding hydrogens is 490 g/mol. The molecule has 1 fully saturated rings. The van der Waals surface area contributed by atoms with E-state index >= 15 is 0 Å². The van der Waals surface area contributed by atoms with Crippen LogP contribution in [-0.2, 0) is 16.1 Å². The highest BCUT2D eigenvalue weighted by atomic mass is 16.7. The Morgan fingerprint density at radius 1 is 1.26 bits per heavy atom. The van der Waals surface area contributed by atoms with E-state index in [0.29, 0.717) is 56.4 Å². The second-order valence-corrected chi connectivity index (χ2v) is 9.86. The van der Waals surface area contributed by atoms with Crippen molar-refractivity contribution in [2.75, 3.05) is 46.6 Å². The van der Waals surface area contributed by atoms with Crippen LogP contribution in [0.4, 0.5) is 0 Å². The average Bonchev–Trinajstić information content (AvgIpc) is 3.67. The van der Waals surface area contributed by atoms with Gasteiger partial charge < -0.3 is 30.0 Å². The first-order valence-corrected chi connectivity index (χ1v) is 13.4. The minimum atomic E-state index is -0.891. The standard InChI is InChI=1S/C27H39N5O6/c1-3-4-10-30(11-5-8-28)24(33)17-31-16-20(19-14-22(36-2)26-23(15-19)37-18-38-26)25(27(34)35)21(31)7-13-32-12-6-9-29-32/h6,9,12,14-15,20-21,25H,3-5,7-8,10-11,13,16-18,28H2,1-2H3,(H,34,35)/t20-,21+,25-/m1/s1. The molecule has 1 aromatic heterocycles. The van der Waals surface area contributed by atoms with Gasteiger partial charge in [0.1, 0.15) is 0 Å². The maximum absolute atomic E-state index is 13.5.